The Labute approximate surface area is 101 Å². The van der Waals surface area contributed by atoms with Crippen LogP contribution in [0.5, 0.6) is 0 Å². The van der Waals surface area contributed by atoms with Crippen molar-refractivity contribution in [1.29, 1.82) is 10.5 Å². The number of nitrogens with zero attached hydrogens (tertiary/aromatic N) is 3. The van der Waals surface area contributed by atoms with Crippen molar-refractivity contribution in [3.05, 3.63) is 29.3 Å². The summed E-state index contributed by atoms with van der Waals surface area (Å²) in [4.78, 5) is 2.12. The zero-order chi connectivity index (χ0) is 12.3. The van der Waals surface area contributed by atoms with Gasteiger partial charge >= 0.3 is 0 Å². The number of nitriles is 2. The summed E-state index contributed by atoms with van der Waals surface area (Å²) in [5, 5.41) is 17.7. The van der Waals surface area contributed by atoms with Crippen LogP contribution in [-0.4, -0.2) is 25.8 Å². The number of benzene rings is 1. The summed E-state index contributed by atoms with van der Waals surface area (Å²) in [5.74, 6) is 0. The molecule has 1 aromatic carbocycles. The molecule has 0 aliphatic carbocycles. The first kappa shape index (κ1) is 11.4. The molecule has 0 radical (unpaired) electrons. The van der Waals surface area contributed by atoms with E-state index in [1.807, 2.05) is 25.1 Å². The molecule has 1 fully saturated rings. The van der Waals surface area contributed by atoms with Gasteiger partial charge in [-0.15, -0.1) is 0 Å². The minimum absolute atomic E-state index is 0.361. The zero-order valence-corrected chi connectivity index (χ0v) is 9.68. The lowest BCUT2D eigenvalue weighted by atomic mass is 10.1. The Bertz CT molecular complexity index is 498. The van der Waals surface area contributed by atoms with Gasteiger partial charge in [0.2, 0.25) is 0 Å². The van der Waals surface area contributed by atoms with Crippen molar-refractivity contribution >= 4 is 5.69 Å². The molecule has 0 saturated carbocycles. The third-order valence-electron chi connectivity index (χ3n) is 2.91. The predicted octanol–water partition coefficient (Wildman–Crippen LogP) is 1.60. The molecule has 1 aliphatic rings. The fourth-order valence-electron chi connectivity index (χ4n) is 1.93. The molecule has 0 bridgehead atoms. The molecule has 1 aliphatic heterocycles. The van der Waals surface area contributed by atoms with Crippen LogP contribution in [0.25, 0.3) is 0 Å². The van der Waals surface area contributed by atoms with Crippen LogP contribution >= 0.6 is 0 Å². The highest BCUT2D eigenvalue weighted by Gasteiger charge is 2.20. The van der Waals surface area contributed by atoms with Crippen molar-refractivity contribution in [2.45, 2.75) is 13.0 Å². The highest BCUT2D eigenvalue weighted by atomic mass is 16.5. The van der Waals surface area contributed by atoms with E-state index >= 15 is 0 Å². The Balaban J connectivity index is 2.21. The Hall–Kier alpha value is -2.04. The molecule has 1 saturated heterocycles. The number of hydrogen-bond acceptors (Lipinski definition) is 4. The quantitative estimate of drug-likeness (QED) is 0.731. The molecule has 1 unspecified atom stereocenters. The second kappa shape index (κ2) is 4.86. The molecule has 1 atom stereocenters. The molecule has 2 rings (SSSR count). The average molecular weight is 227 g/mol. The molecular weight excluding hydrogens is 214 g/mol. The van der Waals surface area contributed by atoms with Crippen molar-refractivity contribution in [3.63, 3.8) is 0 Å². The predicted molar refractivity (Wildman–Crippen MR) is 63.5 cm³/mol. The van der Waals surface area contributed by atoms with Crippen molar-refractivity contribution in [2.75, 3.05) is 24.6 Å². The molecule has 0 aromatic heterocycles. The molecule has 0 amide bonds. The Morgan fingerprint density at radius 1 is 1.41 bits per heavy atom. The SMILES string of the molecule is Cc1cc(N2CCOC(C#N)C2)ccc1C#N. The summed E-state index contributed by atoms with van der Waals surface area (Å²) < 4.78 is 5.30. The van der Waals surface area contributed by atoms with Gasteiger partial charge in [0.15, 0.2) is 6.10 Å². The number of hydrogen-bond donors (Lipinski definition) is 0. The molecule has 0 N–H and O–H groups in total. The molecule has 86 valence electrons. The Morgan fingerprint density at radius 3 is 2.88 bits per heavy atom. The molecule has 17 heavy (non-hydrogen) atoms. The first-order valence-corrected chi connectivity index (χ1v) is 5.51. The van der Waals surface area contributed by atoms with Crippen LogP contribution in [0.2, 0.25) is 0 Å². The van der Waals surface area contributed by atoms with Crippen molar-refractivity contribution in [1.82, 2.24) is 0 Å². The van der Waals surface area contributed by atoms with E-state index in [4.69, 9.17) is 15.3 Å². The van der Waals surface area contributed by atoms with Crippen LogP contribution in [0.15, 0.2) is 18.2 Å². The zero-order valence-electron chi connectivity index (χ0n) is 9.68. The fourth-order valence-corrected chi connectivity index (χ4v) is 1.93. The summed E-state index contributed by atoms with van der Waals surface area (Å²) in [6, 6.07) is 10.0. The average Bonchev–Trinajstić information content (AvgIpc) is 2.38. The summed E-state index contributed by atoms with van der Waals surface area (Å²) in [6.07, 6.45) is -0.361. The largest absolute Gasteiger partial charge is 0.366 e. The highest BCUT2D eigenvalue weighted by molar-refractivity contribution is 5.54. The van der Waals surface area contributed by atoms with Crippen LogP contribution < -0.4 is 4.90 Å². The molecule has 4 nitrogen and oxygen atoms in total. The lowest BCUT2D eigenvalue weighted by molar-refractivity contribution is 0.0764. The third kappa shape index (κ3) is 2.38. The Morgan fingerprint density at radius 2 is 2.24 bits per heavy atom. The molecule has 1 aromatic rings. The molecule has 1 heterocycles. The van der Waals surface area contributed by atoms with Gasteiger partial charge in [-0.2, -0.15) is 10.5 Å². The minimum atomic E-state index is -0.361. The van der Waals surface area contributed by atoms with Gasteiger partial charge in [-0.1, -0.05) is 0 Å². The number of anilines is 1. The van der Waals surface area contributed by atoms with E-state index in [9.17, 15) is 0 Å². The first-order chi connectivity index (χ1) is 8.24. The number of rotatable bonds is 1. The summed E-state index contributed by atoms with van der Waals surface area (Å²) in [5.41, 5.74) is 2.70. The number of ether oxygens (including phenoxy) is 1. The monoisotopic (exact) mass is 227 g/mol. The maximum Gasteiger partial charge on any atom is 0.161 e. The second-order valence-electron chi connectivity index (χ2n) is 4.05. The van der Waals surface area contributed by atoms with Crippen molar-refractivity contribution < 1.29 is 4.74 Å². The smallest absolute Gasteiger partial charge is 0.161 e. The second-order valence-corrected chi connectivity index (χ2v) is 4.05. The van der Waals surface area contributed by atoms with E-state index in [1.165, 1.54) is 0 Å². The number of morpholine rings is 1. The van der Waals surface area contributed by atoms with Crippen LogP contribution in [0, 0.1) is 29.6 Å². The van der Waals surface area contributed by atoms with Crippen LogP contribution in [-0.2, 0) is 4.74 Å². The maximum atomic E-state index is 8.87. The third-order valence-corrected chi connectivity index (χ3v) is 2.91. The van der Waals surface area contributed by atoms with E-state index in [0.717, 1.165) is 17.8 Å². The lowest BCUT2D eigenvalue weighted by Crippen LogP contribution is -2.41. The number of aryl methyl sites for hydroxylation is 1. The van der Waals surface area contributed by atoms with Gasteiger partial charge in [0.05, 0.1) is 30.9 Å². The highest BCUT2D eigenvalue weighted by Crippen LogP contribution is 2.21. The van der Waals surface area contributed by atoms with E-state index in [0.29, 0.717) is 18.7 Å². The van der Waals surface area contributed by atoms with Gasteiger partial charge in [-0.05, 0) is 30.7 Å². The normalized spacial score (nSPS) is 19.5. The van der Waals surface area contributed by atoms with Crippen molar-refractivity contribution in [2.24, 2.45) is 0 Å². The van der Waals surface area contributed by atoms with Gasteiger partial charge in [-0.25, -0.2) is 0 Å². The standard InChI is InChI=1S/C13H13N3O/c1-10-6-12(3-2-11(10)7-14)16-4-5-17-13(8-15)9-16/h2-3,6,13H,4-5,9H2,1H3. The van der Waals surface area contributed by atoms with E-state index in [2.05, 4.69) is 17.0 Å². The van der Waals surface area contributed by atoms with E-state index < -0.39 is 0 Å². The van der Waals surface area contributed by atoms with Gasteiger partial charge in [0, 0.05) is 12.2 Å². The van der Waals surface area contributed by atoms with E-state index in [-0.39, 0.29) is 6.10 Å². The van der Waals surface area contributed by atoms with Gasteiger partial charge < -0.3 is 9.64 Å². The Kier molecular flexibility index (Phi) is 3.27. The minimum Gasteiger partial charge on any atom is -0.366 e. The van der Waals surface area contributed by atoms with Crippen molar-refractivity contribution in [3.8, 4) is 12.1 Å². The van der Waals surface area contributed by atoms with Crippen LogP contribution in [0.3, 0.4) is 0 Å². The summed E-state index contributed by atoms with van der Waals surface area (Å²) >= 11 is 0. The van der Waals surface area contributed by atoms with Crippen LogP contribution in [0.4, 0.5) is 5.69 Å². The molecule has 4 heteroatoms. The van der Waals surface area contributed by atoms with Gasteiger partial charge in [0.25, 0.3) is 0 Å². The van der Waals surface area contributed by atoms with E-state index in [1.54, 1.807) is 0 Å². The summed E-state index contributed by atoms with van der Waals surface area (Å²) in [6.45, 7) is 3.85. The topological polar surface area (TPSA) is 60.0 Å². The van der Waals surface area contributed by atoms with Gasteiger partial charge in [-0.3, -0.25) is 0 Å². The van der Waals surface area contributed by atoms with Gasteiger partial charge in [0.1, 0.15) is 0 Å². The fraction of sp³-hybridized carbons (Fsp3) is 0.385. The summed E-state index contributed by atoms with van der Waals surface area (Å²) in [7, 11) is 0. The lowest BCUT2D eigenvalue weighted by Gasteiger charge is -2.31. The first-order valence-electron chi connectivity index (χ1n) is 5.51. The van der Waals surface area contributed by atoms with Crippen LogP contribution in [0.1, 0.15) is 11.1 Å². The maximum absolute atomic E-state index is 8.87. The molecule has 0 spiro atoms. The molecular formula is C13H13N3O.